The van der Waals surface area contributed by atoms with E-state index in [9.17, 15) is 18.8 Å². The van der Waals surface area contributed by atoms with Gasteiger partial charge in [0.05, 0.1) is 0 Å². The summed E-state index contributed by atoms with van der Waals surface area (Å²) in [7, 11) is 0. The van der Waals surface area contributed by atoms with Crippen molar-refractivity contribution in [3.05, 3.63) is 59.6 Å². The quantitative estimate of drug-likeness (QED) is 0.311. The van der Waals surface area contributed by atoms with Crippen LogP contribution < -0.4 is 10.2 Å². The maximum absolute atomic E-state index is 14.2. The fourth-order valence-electron chi connectivity index (χ4n) is 5.29. The molecule has 2 aromatic rings. The van der Waals surface area contributed by atoms with E-state index in [0.29, 0.717) is 61.8 Å². The maximum Gasteiger partial charge on any atom is 0.264 e. The number of nitrogens with zero attached hydrogens (tertiary/aromatic N) is 4. The molecule has 1 saturated heterocycles. The Kier molecular flexibility index (Phi) is 9.83. The van der Waals surface area contributed by atoms with Crippen LogP contribution in [0.5, 0.6) is 0 Å². The van der Waals surface area contributed by atoms with E-state index < -0.39 is 6.43 Å². The van der Waals surface area contributed by atoms with Crippen molar-refractivity contribution in [1.29, 1.82) is 10.7 Å². The topological polar surface area (TPSA) is 105 Å². The normalized spacial score (nSPS) is 15.3. The van der Waals surface area contributed by atoms with E-state index >= 15 is 0 Å². The third-order valence-electron chi connectivity index (χ3n) is 7.49. The molecule has 1 fully saturated rings. The number of carbonyl (C=O) groups excluding carboxylic acids is 1. The number of nitriles is 1. The number of amides is 1. The Labute approximate surface area is 234 Å². The second-order valence-electron chi connectivity index (χ2n) is 10.3. The molecule has 3 heterocycles. The molecule has 4 rings (SSSR count). The van der Waals surface area contributed by atoms with Crippen LogP contribution in [-0.2, 0) is 16.0 Å². The summed E-state index contributed by atoms with van der Waals surface area (Å²) < 4.78 is 33.8. The third-order valence-corrected chi connectivity index (χ3v) is 7.49. The molecule has 0 aliphatic carbocycles. The highest BCUT2D eigenvalue weighted by atomic mass is 19.3. The Balaban J connectivity index is 1.44. The van der Waals surface area contributed by atoms with Crippen LogP contribution in [0.3, 0.4) is 0 Å². The first-order valence-corrected chi connectivity index (χ1v) is 13.7. The number of amidine groups is 1. The SMILES string of the molecule is C=C(CCN(CCC(=N)N1CCCc2cc(-c3ccnc(C#N)c3)c(C(F)F)cc21)C(C)=O)NC1CCOCC1. The van der Waals surface area contributed by atoms with Gasteiger partial charge in [0.1, 0.15) is 17.6 Å². The molecule has 0 unspecified atom stereocenters. The van der Waals surface area contributed by atoms with Crippen molar-refractivity contribution < 1.29 is 18.3 Å². The molecule has 2 N–H and O–H groups in total. The summed E-state index contributed by atoms with van der Waals surface area (Å²) >= 11 is 0. The highest BCUT2D eigenvalue weighted by molar-refractivity contribution is 5.97. The van der Waals surface area contributed by atoms with Gasteiger partial charge in [0.15, 0.2) is 0 Å². The first-order valence-electron chi connectivity index (χ1n) is 13.7. The number of carbonyl (C=O) groups is 1. The van der Waals surface area contributed by atoms with E-state index in [1.54, 1.807) is 21.9 Å². The Bertz CT molecular complexity index is 1290. The molecule has 0 saturated carbocycles. The largest absolute Gasteiger partial charge is 0.386 e. The fourth-order valence-corrected chi connectivity index (χ4v) is 5.29. The van der Waals surface area contributed by atoms with Crippen LogP contribution in [0.25, 0.3) is 11.1 Å². The number of ether oxygens (including phenoxy) is 1. The summed E-state index contributed by atoms with van der Waals surface area (Å²) in [6.45, 7) is 8.50. The molecular formula is C30H36F2N6O2. The first-order chi connectivity index (χ1) is 19.3. The van der Waals surface area contributed by atoms with E-state index in [0.717, 1.165) is 43.7 Å². The molecule has 2 aliphatic rings. The van der Waals surface area contributed by atoms with Gasteiger partial charge in [0, 0.05) is 81.8 Å². The average molecular weight is 551 g/mol. The van der Waals surface area contributed by atoms with E-state index in [1.807, 2.05) is 6.07 Å². The molecular weight excluding hydrogens is 514 g/mol. The summed E-state index contributed by atoms with van der Waals surface area (Å²) in [6, 6.07) is 8.67. The van der Waals surface area contributed by atoms with E-state index in [4.69, 9.17) is 10.1 Å². The van der Waals surface area contributed by atoms with Gasteiger partial charge in [-0.3, -0.25) is 10.2 Å². The lowest BCUT2D eigenvalue weighted by molar-refractivity contribution is -0.128. The molecule has 1 amide bonds. The van der Waals surface area contributed by atoms with Gasteiger partial charge in [0.2, 0.25) is 5.91 Å². The first kappa shape index (κ1) is 29.2. The molecule has 8 nitrogen and oxygen atoms in total. The molecule has 1 aromatic carbocycles. The molecule has 0 radical (unpaired) electrons. The fraction of sp³-hybridized carbons (Fsp3) is 0.467. The van der Waals surface area contributed by atoms with Gasteiger partial charge in [-0.05, 0) is 66.6 Å². The van der Waals surface area contributed by atoms with E-state index in [-0.39, 0.29) is 23.0 Å². The Morgan fingerprint density at radius 3 is 2.75 bits per heavy atom. The van der Waals surface area contributed by atoms with Gasteiger partial charge >= 0.3 is 0 Å². The standard InChI is InChI=1S/C30H36F2N6O2/c1-20(36-24-8-14-40-15-9-24)6-12-37(21(2)39)13-7-29(34)38-11-3-4-23-17-26(27(30(31)32)18-28(23)38)22-5-10-35-25(16-22)19-33/h5,10,16-18,24,30,34,36H,1,3-4,6-9,11-15H2,2H3. The van der Waals surface area contributed by atoms with Crippen molar-refractivity contribution in [3.8, 4) is 17.2 Å². The lowest BCUT2D eigenvalue weighted by Crippen LogP contribution is -2.39. The number of benzene rings is 1. The number of anilines is 1. The molecule has 40 heavy (non-hydrogen) atoms. The highest BCUT2D eigenvalue weighted by Gasteiger charge is 2.26. The number of fused-ring (bicyclic) bond motifs is 1. The summed E-state index contributed by atoms with van der Waals surface area (Å²) in [5.74, 6) is 0.208. The van der Waals surface area contributed by atoms with Crippen molar-refractivity contribution in [3.63, 3.8) is 0 Å². The number of rotatable bonds is 10. The molecule has 10 heteroatoms. The maximum atomic E-state index is 14.2. The van der Waals surface area contributed by atoms with Crippen molar-refractivity contribution in [2.75, 3.05) is 37.7 Å². The zero-order valence-corrected chi connectivity index (χ0v) is 22.9. The van der Waals surface area contributed by atoms with Gasteiger partial charge < -0.3 is 19.9 Å². The minimum Gasteiger partial charge on any atom is -0.386 e. The van der Waals surface area contributed by atoms with Crippen LogP contribution in [0.15, 0.2) is 42.7 Å². The number of nitrogens with one attached hydrogen (secondary N) is 2. The molecule has 2 aliphatic heterocycles. The summed E-state index contributed by atoms with van der Waals surface area (Å²) in [5.41, 5.74) is 3.27. The van der Waals surface area contributed by atoms with Gasteiger partial charge in [-0.25, -0.2) is 13.8 Å². The average Bonchev–Trinajstić information content (AvgIpc) is 2.96. The van der Waals surface area contributed by atoms with Crippen LogP contribution in [0.4, 0.5) is 14.5 Å². The highest BCUT2D eigenvalue weighted by Crippen LogP contribution is 2.39. The number of alkyl halides is 2. The predicted octanol–water partition coefficient (Wildman–Crippen LogP) is 5.20. The van der Waals surface area contributed by atoms with Gasteiger partial charge in [-0.15, -0.1) is 0 Å². The molecule has 212 valence electrons. The molecule has 0 bridgehead atoms. The van der Waals surface area contributed by atoms with Crippen molar-refractivity contribution >= 4 is 17.4 Å². The monoisotopic (exact) mass is 550 g/mol. The summed E-state index contributed by atoms with van der Waals surface area (Å²) in [6.07, 6.45) is 2.98. The minimum absolute atomic E-state index is 0.0792. The van der Waals surface area contributed by atoms with Crippen molar-refractivity contribution in [2.24, 2.45) is 0 Å². The number of hydrogen-bond donors (Lipinski definition) is 2. The van der Waals surface area contributed by atoms with Crippen molar-refractivity contribution in [2.45, 2.75) is 57.9 Å². The third kappa shape index (κ3) is 7.21. The lowest BCUT2D eigenvalue weighted by atomic mass is 9.92. The number of pyridine rings is 1. The van der Waals surface area contributed by atoms with Gasteiger partial charge in [-0.2, -0.15) is 5.26 Å². The zero-order valence-electron chi connectivity index (χ0n) is 22.9. The Hall–Kier alpha value is -3.84. The smallest absolute Gasteiger partial charge is 0.264 e. The van der Waals surface area contributed by atoms with Gasteiger partial charge in [-0.1, -0.05) is 6.58 Å². The van der Waals surface area contributed by atoms with Crippen molar-refractivity contribution in [1.82, 2.24) is 15.2 Å². The van der Waals surface area contributed by atoms with Crippen LogP contribution >= 0.6 is 0 Å². The second-order valence-corrected chi connectivity index (χ2v) is 10.3. The van der Waals surface area contributed by atoms with Crippen LogP contribution in [0, 0.1) is 16.7 Å². The van der Waals surface area contributed by atoms with Gasteiger partial charge in [0.25, 0.3) is 6.43 Å². The lowest BCUT2D eigenvalue weighted by Gasteiger charge is -2.33. The summed E-state index contributed by atoms with van der Waals surface area (Å²) in [4.78, 5) is 19.8. The zero-order chi connectivity index (χ0) is 28.6. The molecule has 0 atom stereocenters. The Morgan fingerprint density at radius 1 is 1.30 bits per heavy atom. The van der Waals surface area contributed by atoms with E-state index in [2.05, 4.69) is 16.9 Å². The van der Waals surface area contributed by atoms with E-state index in [1.165, 1.54) is 25.3 Å². The van der Waals surface area contributed by atoms with Crippen LogP contribution in [0.2, 0.25) is 0 Å². The second kappa shape index (κ2) is 13.5. The number of hydrogen-bond acceptors (Lipinski definition) is 6. The Morgan fingerprint density at radius 2 is 2.05 bits per heavy atom. The van der Waals surface area contributed by atoms with Crippen LogP contribution in [0.1, 0.15) is 62.3 Å². The molecule has 0 spiro atoms. The minimum atomic E-state index is -2.73. The summed E-state index contributed by atoms with van der Waals surface area (Å²) in [5, 5.41) is 21.4. The number of aromatic nitrogens is 1. The number of halogens is 2. The predicted molar refractivity (Wildman–Crippen MR) is 150 cm³/mol. The molecule has 1 aromatic heterocycles. The van der Waals surface area contributed by atoms with Crippen LogP contribution in [-0.4, -0.2) is 60.5 Å². The number of aryl methyl sites for hydroxylation is 1.